The van der Waals surface area contributed by atoms with E-state index in [-0.39, 0.29) is 6.04 Å². The third-order valence-electron chi connectivity index (χ3n) is 4.68. The Morgan fingerprint density at radius 2 is 2.00 bits per heavy atom. The van der Waals surface area contributed by atoms with E-state index in [0.29, 0.717) is 31.3 Å². The van der Waals surface area contributed by atoms with Gasteiger partial charge in [-0.25, -0.2) is 0 Å². The van der Waals surface area contributed by atoms with Gasteiger partial charge < -0.3 is 23.9 Å². The lowest BCUT2D eigenvalue weighted by Crippen LogP contribution is -2.35. The molecule has 1 atom stereocenters. The molecule has 2 heterocycles. The van der Waals surface area contributed by atoms with Crippen LogP contribution in [0.2, 0.25) is 0 Å². The van der Waals surface area contributed by atoms with Gasteiger partial charge in [-0.1, -0.05) is 13.8 Å². The number of rotatable bonds is 9. The number of hydrogen-bond donors (Lipinski definition) is 1. The summed E-state index contributed by atoms with van der Waals surface area (Å²) in [6, 6.07) is 8.21. The molecule has 0 bridgehead atoms. The minimum atomic E-state index is 0.208. The molecule has 6 nitrogen and oxygen atoms in total. The molecule has 26 heavy (non-hydrogen) atoms. The highest BCUT2D eigenvalue weighted by Crippen LogP contribution is 2.40. The first-order valence-corrected chi connectivity index (χ1v) is 9.21. The minimum absolute atomic E-state index is 0.208. The Labute approximate surface area is 155 Å². The van der Waals surface area contributed by atoms with Gasteiger partial charge in [-0.15, -0.1) is 0 Å². The number of benzene rings is 1. The standard InChI is InChI=1S/C20H28N2O4/c1-4-22(5-2)16(17-7-6-8-24-17)14-21-13-15-11-18(23-3)20-19(12-15)25-9-10-26-20/h6-8,11-12,16,21H,4-5,9-10,13-14H2,1-3H3. The predicted octanol–water partition coefficient (Wildman–Crippen LogP) is 3.23. The Morgan fingerprint density at radius 3 is 2.69 bits per heavy atom. The Morgan fingerprint density at radius 1 is 1.19 bits per heavy atom. The topological polar surface area (TPSA) is 56.1 Å². The molecule has 2 aromatic rings. The third-order valence-corrected chi connectivity index (χ3v) is 4.68. The monoisotopic (exact) mass is 360 g/mol. The van der Waals surface area contributed by atoms with Gasteiger partial charge in [-0.2, -0.15) is 0 Å². The maximum atomic E-state index is 5.71. The van der Waals surface area contributed by atoms with E-state index in [4.69, 9.17) is 18.6 Å². The Bertz CT molecular complexity index is 666. The number of fused-ring (bicyclic) bond motifs is 1. The predicted molar refractivity (Wildman–Crippen MR) is 100 cm³/mol. The molecule has 1 N–H and O–H groups in total. The van der Waals surface area contributed by atoms with E-state index >= 15 is 0 Å². The van der Waals surface area contributed by atoms with Crippen LogP contribution in [-0.4, -0.2) is 44.9 Å². The molecule has 0 amide bonds. The zero-order valence-electron chi connectivity index (χ0n) is 15.8. The van der Waals surface area contributed by atoms with Gasteiger partial charge in [0.05, 0.1) is 19.4 Å². The molecule has 0 radical (unpaired) electrons. The summed E-state index contributed by atoms with van der Waals surface area (Å²) in [5.74, 6) is 3.14. The summed E-state index contributed by atoms with van der Waals surface area (Å²) in [6.45, 7) is 8.92. The molecule has 1 unspecified atom stereocenters. The fourth-order valence-electron chi connectivity index (χ4n) is 3.34. The first-order chi connectivity index (χ1) is 12.8. The molecule has 0 saturated carbocycles. The molecule has 1 aliphatic heterocycles. The summed E-state index contributed by atoms with van der Waals surface area (Å²) >= 11 is 0. The van der Waals surface area contributed by atoms with Crippen LogP contribution in [-0.2, 0) is 6.54 Å². The normalized spacial score (nSPS) is 14.5. The molecular formula is C20H28N2O4. The zero-order valence-corrected chi connectivity index (χ0v) is 15.8. The van der Waals surface area contributed by atoms with Gasteiger partial charge >= 0.3 is 0 Å². The van der Waals surface area contributed by atoms with Gasteiger partial charge in [-0.3, -0.25) is 4.90 Å². The molecule has 1 aromatic heterocycles. The van der Waals surface area contributed by atoms with E-state index in [1.165, 1.54) is 0 Å². The number of methoxy groups -OCH3 is 1. The van der Waals surface area contributed by atoms with Gasteiger partial charge in [0.1, 0.15) is 19.0 Å². The quantitative estimate of drug-likeness (QED) is 0.741. The molecule has 142 valence electrons. The van der Waals surface area contributed by atoms with E-state index in [2.05, 4.69) is 24.1 Å². The lowest BCUT2D eigenvalue weighted by molar-refractivity contribution is 0.164. The third kappa shape index (κ3) is 4.14. The highest BCUT2D eigenvalue weighted by Gasteiger charge is 2.21. The van der Waals surface area contributed by atoms with E-state index in [9.17, 15) is 0 Å². The van der Waals surface area contributed by atoms with Gasteiger partial charge in [-0.05, 0) is 42.9 Å². The first-order valence-electron chi connectivity index (χ1n) is 9.21. The lowest BCUT2D eigenvalue weighted by Gasteiger charge is -2.28. The maximum absolute atomic E-state index is 5.71. The molecule has 1 aliphatic rings. The van der Waals surface area contributed by atoms with E-state index in [0.717, 1.165) is 36.7 Å². The van der Waals surface area contributed by atoms with Crippen molar-refractivity contribution in [3.63, 3.8) is 0 Å². The summed E-state index contributed by atoms with van der Waals surface area (Å²) in [6.07, 6.45) is 1.73. The van der Waals surface area contributed by atoms with Crippen LogP contribution in [0, 0.1) is 0 Å². The SMILES string of the molecule is CCN(CC)C(CNCc1cc(OC)c2c(c1)OCCO2)c1ccco1. The number of nitrogens with one attached hydrogen (secondary N) is 1. The summed E-state index contributed by atoms with van der Waals surface area (Å²) < 4.78 is 22.5. The van der Waals surface area contributed by atoms with Crippen LogP contribution >= 0.6 is 0 Å². The van der Waals surface area contributed by atoms with Crippen molar-refractivity contribution in [1.29, 1.82) is 0 Å². The average Bonchev–Trinajstić information content (AvgIpc) is 3.21. The van der Waals surface area contributed by atoms with Crippen molar-refractivity contribution in [2.24, 2.45) is 0 Å². The van der Waals surface area contributed by atoms with Crippen LogP contribution in [0.4, 0.5) is 0 Å². The van der Waals surface area contributed by atoms with Gasteiger partial charge in [0, 0.05) is 13.1 Å². The maximum Gasteiger partial charge on any atom is 0.203 e. The summed E-state index contributed by atoms with van der Waals surface area (Å²) in [7, 11) is 1.65. The van der Waals surface area contributed by atoms with E-state index < -0.39 is 0 Å². The Kier molecular flexibility index (Phi) is 6.41. The highest BCUT2D eigenvalue weighted by molar-refractivity contribution is 5.54. The van der Waals surface area contributed by atoms with Crippen molar-refractivity contribution in [2.45, 2.75) is 26.4 Å². The van der Waals surface area contributed by atoms with Crippen LogP contribution in [0.5, 0.6) is 17.2 Å². The van der Waals surface area contributed by atoms with Crippen molar-refractivity contribution in [3.8, 4) is 17.2 Å². The number of nitrogens with zero attached hydrogens (tertiary/aromatic N) is 1. The van der Waals surface area contributed by atoms with Crippen LogP contribution < -0.4 is 19.5 Å². The second-order valence-corrected chi connectivity index (χ2v) is 6.21. The zero-order chi connectivity index (χ0) is 18.4. The summed E-state index contributed by atoms with van der Waals surface area (Å²) in [5, 5.41) is 3.54. The van der Waals surface area contributed by atoms with Gasteiger partial charge in [0.2, 0.25) is 5.75 Å². The number of furan rings is 1. The van der Waals surface area contributed by atoms with Crippen molar-refractivity contribution < 1.29 is 18.6 Å². The molecule has 3 rings (SSSR count). The summed E-state index contributed by atoms with van der Waals surface area (Å²) in [4.78, 5) is 2.39. The second-order valence-electron chi connectivity index (χ2n) is 6.21. The molecule has 0 spiro atoms. The number of hydrogen-bond acceptors (Lipinski definition) is 6. The number of likely N-dealkylation sites (N-methyl/N-ethyl adjacent to an activating group) is 1. The van der Waals surface area contributed by atoms with E-state index in [1.807, 2.05) is 24.3 Å². The average molecular weight is 360 g/mol. The number of ether oxygens (including phenoxy) is 3. The molecule has 0 aliphatic carbocycles. The van der Waals surface area contributed by atoms with Crippen LogP contribution in [0.25, 0.3) is 0 Å². The Hall–Kier alpha value is -2.18. The summed E-state index contributed by atoms with van der Waals surface area (Å²) in [5.41, 5.74) is 1.10. The highest BCUT2D eigenvalue weighted by atomic mass is 16.6. The fourth-order valence-corrected chi connectivity index (χ4v) is 3.34. The second kappa shape index (κ2) is 8.96. The van der Waals surface area contributed by atoms with Crippen LogP contribution in [0.3, 0.4) is 0 Å². The van der Waals surface area contributed by atoms with Crippen molar-refractivity contribution in [2.75, 3.05) is 40.0 Å². The Balaban J connectivity index is 1.68. The van der Waals surface area contributed by atoms with Crippen molar-refractivity contribution >= 4 is 0 Å². The molecular weight excluding hydrogens is 332 g/mol. The lowest BCUT2D eigenvalue weighted by atomic mass is 10.1. The van der Waals surface area contributed by atoms with Crippen LogP contribution in [0.15, 0.2) is 34.9 Å². The van der Waals surface area contributed by atoms with Gasteiger partial charge in [0.25, 0.3) is 0 Å². The van der Waals surface area contributed by atoms with Crippen molar-refractivity contribution in [1.82, 2.24) is 10.2 Å². The van der Waals surface area contributed by atoms with E-state index in [1.54, 1.807) is 13.4 Å². The molecule has 1 aromatic carbocycles. The van der Waals surface area contributed by atoms with Crippen LogP contribution in [0.1, 0.15) is 31.2 Å². The van der Waals surface area contributed by atoms with Crippen molar-refractivity contribution in [3.05, 3.63) is 41.9 Å². The largest absolute Gasteiger partial charge is 0.493 e. The molecule has 0 fully saturated rings. The van der Waals surface area contributed by atoms with Gasteiger partial charge in [0.15, 0.2) is 11.5 Å². The first kappa shape index (κ1) is 18.6. The minimum Gasteiger partial charge on any atom is -0.493 e. The molecule has 6 heteroatoms. The smallest absolute Gasteiger partial charge is 0.203 e. The molecule has 0 saturated heterocycles. The fraction of sp³-hybridized carbons (Fsp3) is 0.500.